The van der Waals surface area contributed by atoms with Crippen molar-refractivity contribution in [3.8, 4) is 17.0 Å². The molecule has 0 spiro atoms. The number of likely N-dealkylation sites (N-methyl/N-ethyl adjacent to an activating group) is 1. The number of hydrogen-bond donors (Lipinski definition) is 4. The molecule has 0 saturated heterocycles. The Hall–Kier alpha value is -2.91. The molecule has 0 aliphatic carbocycles. The zero-order valence-corrected chi connectivity index (χ0v) is 18.5. The van der Waals surface area contributed by atoms with Gasteiger partial charge in [-0.15, -0.1) is 0 Å². The molecule has 3 aromatic rings. The number of anilines is 1. The Labute approximate surface area is 185 Å². The number of benzene rings is 2. The van der Waals surface area contributed by atoms with Crippen molar-refractivity contribution in [3.63, 3.8) is 0 Å². The molecule has 0 bridgehead atoms. The second-order valence-electron chi connectivity index (χ2n) is 7.38. The van der Waals surface area contributed by atoms with Crippen LogP contribution in [-0.4, -0.2) is 63.7 Å². The van der Waals surface area contributed by atoms with Crippen LogP contribution in [0.15, 0.2) is 40.1 Å². The number of aromatic hydroxyl groups is 1. The maximum absolute atomic E-state index is 10.7. The van der Waals surface area contributed by atoms with Gasteiger partial charge in [0.1, 0.15) is 11.4 Å². The molecule has 1 aliphatic heterocycles. The Bertz CT molecular complexity index is 1110. The van der Waals surface area contributed by atoms with Crippen molar-refractivity contribution >= 4 is 34.4 Å². The molecule has 2 heterocycles. The second kappa shape index (κ2) is 9.07. The van der Waals surface area contributed by atoms with Crippen molar-refractivity contribution in [1.29, 1.82) is 0 Å². The van der Waals surface area contributed by atoms with Crippen LogP contribution in [0.4, 0.5) is 10.5 Å². The fourth-order valence-electron chi connectivity index (χ4n) is 3.89. The highest BCUT2D eigenvalue weighted by molar-refractivity contribution is 8.00. The van der Waals surface area contributed by atoms with Gasteiger partial charge in [-0.25, -0.2) is 4.79 Å². The summed E-state index contributed by atoms with van der Waals surface area (Å²) in [5.41, 5.74) is 3.96. The number of amides is 1. The van der Waals surface area contributed by atoms with Crippen molar-refractivity contribution < 1.29 is 15.0 Å². The Morgan fingerprint density at radius 2 is 2.00 bits per heavy atom. The third-order valence-electron chi connectivity index (χ3n) is 5.54. The number of phenolic OH excluding ortho intramolecular Hbond substituents is 1. The number of nitrogens with one attached hydrogen (secondary N) is 2. The molecule has 0 atom stereocenters. The smallest absolute Gasteiger partial charge is 0.404 e. The molecule has 31 heavy (non-hydrogen) atoms. The van der Waals surface area contributed by atoms with Gasteiger partial charge in [0, 0.05) is 46.1 Å². The van der Waals surface area contributed by atoms with E-state index in [1.165, 1.54) is 0 Å². The number of hydrogen-bond acceptors (Lipinski definition) is 6. The van der Waals surface area contributed by atoms with Gasteiger partial charge in [0.15, 0.2) is 0 Å². The molecule has 9 heteroatoms. The van der Waals surface area contributed by atoms with E-state index in [2.05, 4.69) is 40.1 Å². The van der Waals surface area contributed by atoms with E-state index in [0.717, 1.165) is 63.8 Å². The molecule has 0 saturated carbocycles. The maximum Gasteiger partial charge on any atom is 0.404 e. The highest BCUT2D eigenvalue weighted by atomic mass is 32.2. The number of fused-ring (bicyclic) bond motifs is 2. The zero-order chi connectivity index (χ0) is 22.0. The summed E-state index contributed by atoms with van der Waals surface area (Å²) in [7, 11) is 0. The number of phenols is 1. The first-order valence-electron chi connectivity index (χ1n) is 10.5. The van der Waals surface area contributed by atoms with Crippen LogP contribution in [0.5, 0.6) is 5.75 Å². The van der Waals surface area contributed by atoms with Gasteiger partial charge in [0.25, 0.3) is 0 Å². The molecule has 0 unspecified atom stereocenters. The maximum atomic E-state index is 10.7. The van der Waals surface area contributed by atoms with Gasteiger partial charge in [0.2, 0.25) is 0 Å². The van der Waals surface area contributed by atoms with Crippen LogP contribution in [0.2, 0.25) is 0 Å². The molecular weight excluding hydrogens is 414 g/mol. The van der Waals surface area contributed by atoms with Crippen molar-refractivity contribution in [2.24, 2.45) is 0 Å². The molecule has 2 aromatic carbocycles. The van der Waals surface area contributed by atoms with E-state index in [0.29, 0.717) is 13.1 Å². The van der Waals surface area contributed by atoms with E-state index in [1.54, 1.807) is 23.9 Å². The zero-order valence-electron chi connectivity index (χ0n) is 17.7. The summed E-state index contributed by atoms with van der Waals surface area (Å²) in [5.74, 6) is 0.225. The van der Waals surface area contributed by atoms with Gasteiger partial charge < -0.3 is 25.7 Å². The normalized spacial score (nSPS) is 12.2. The molecule has 164 valence electrons. The molecular formula is C22H27N5O3S. The molecule has 0 fully saturated rings. The second-order valence-corrected chi connectivity index (χ2v) is 8.43. The summed E-state index contributed by atoms with van der Waals surface area (Å²) < 4.78 is 2.07. The van der Waals surface area contributed by atoms with E-state index in [4.69, 9.17) is 10.2 Å². The molecule has 8 nitrogen and oxygen atoms in total. The van der Waals surface area contributed by atoms with Gasteiger partial charge >= 0.3 is 6.09 Å². The summed E-state index contributed by atoms with van der Waals surface area (Å²) in [4.78, 5) is 15.1. The van der Waals surface area contributed by atoms with Crippen LogP contribution in [0, 0.1) is 0 Å². The average molecular weight is 442 g/mol. The van der Waals surface area contributed by atoms with E-state index in [-0.39, 0.29) is 5.75 Å². The third kappa shape index (κ3) is 4.28. The van der Waals surface area contributed by atoms with Crippen molar-refractivity contribution in [1.82, 2.24) is 20.0 Å². The van der Waals surface area contributed by atoms with Gasteiger partial charge in [-0.1, -0.05) is 25.6 Å². The lowest BCUT2D eigenvalue weighted by molar-refractivity contribution is 0.195. The fourth-order valence-corrected chi connectivity index (χ4v) is 5.12. The Morgan fingerprint density at radius 1 is 1.19 bits per heavy atom. The van der Waals surface area contributed by atoms with Crippen molar-refractivity contribution in [2.45, 2.75) is 30.2 Å². The van der Waals surface area contributed by atoms with E-state index >= 15 is 0 Å². The van der Waals surface area contributed by atoms with Crippen LogP contribution in [0.25, 0.3) is 22.2 Å². The lowest BCUT2D eigenvalue weighted by atomic mass is 10.1. The van der Waals surface area contributed by atoms with Gasteiger partial charge in [0.05, 0.1) is 12.1 Å². The largest absolute Gasteiger partial charge is 0.508 e. The number of carboxylic acid groups (broad SMARTS) is 1. The molecule has 0 radical (unpaired) electrons. The average Bonchev–Trinajstić information content (AvgIpc) is 3.12. The lowest BCUT2D eigenvalue weighted by Crippen LogP contribution is -2.27. The first-order valence-corrected chi connectivity index (χ1v) is 11.3. The van der Waals surface area contributed by atoms with Crippen LogP contribution in [0.3, 0.4) is 0 Å². The number of nitrogens with zero attached hydrogens (tertiary/aromatic N) is 3. The summed E-state index contributed by atoms with van der Waals surface area (Å²) in [6.45, 7) is 8.85. The minimum Gasteiger partial charge on any atom is -0.508 e. The molecule has 1 amide bonds. The summed E-state index contributed by atoms with van der Waals surface area (Å²) >= 11 is 1.60. The van der Waals surface area contributed by atoms with Crippen molar-refractivity contribution in [3.05, 3.63) is 30.3 Å². The summed E-state index contributed by atoms with van der Waals surface area (Å²) in [6.07, 6.45) is -1.03. The van der Waals surface area contributed by atoms with Crippen LogP contribution in [-0.2, 0) is 6.54 Å². The van der Waals surface area contributed by atoms with E-state index < -0.39 is 6.09 Å². The number of rotatable bonds is 9. The Kier molecular flexibility index (Phi) is 6.24. The van der Waals surface area contributed by atoms with Crippen LogP contribution in [0.1, 0.15) is 13.8 Å². The number of aromatic nitrogens is 2. The molecule has 4 rings (SSSR count). The summed E-state index contributed by atoms with van der Waals surface area (Å²) in [5, 5.41) is 30.6. The minimum absolute atomic E-state index is 0.225. The predicted octanol–water partition coefficient (Wildman–Crippen LogP) is 3.89. The first-order chi connectivity index (χ1) is 15.0. The predicted molar refractivity (Wildman–Crippen MR) is 123 cm³/mol. The van der Waals surface area contributed by atoms with Crippen LogP contribution < -0.4 is 10.6 Å². The number of carbonyl (C=O) groups is 1. The fraction of sp³-hybridized carbons (Fsp3) is 0.364. The topological polar surface area (TPSA) is 103 Å². The van der Waals surface area contributed by atoms with E-state index in [1.807, 2.05) is 12.1 Å². The summed E-state index contributed by atoms with van der Waals surface area (Å²) in [6, 6.07) is 9.50. The van der Waals surface area contributed by atoms with Gasteiger partial charge in [-0.2, -0.15) is 5.10 Å². The minimum atomic E-state index is -1.03. The first kappa shape index (κ1) is 21.3. The van der Waals surface area contributed by atoms with Gasteiger partial charge in [-0.05, 0) is 43.4 Å². The van der Waals surface area contributed by atoms with Gasteiger partial charge in [-0.3, -0.25) is 4.68 Å². The monoisotopic (exact) mass is 441 g/mol. The molecule has 1 aliphatic rings. The SMILES string of the molecule is CCN(CC)CCn1nc2c3c(c(NCCNC(=O)O)ccc31)Sc1cc(O)ccc1-2. The molecule has 1 aromatic heterocycles. The van der Waals surface area contributed by atoms with Crippen LogP contribution >= 0.6 is 11.8 Å². The standard InChI is InChI=1S/C22H27N5O3S/c1-3-26(4-2)11-12-27-17-8-7-16(23-9-10-24-22(29)30)21-19(17)20(25-27)15-6-5-14(28)13-18(15)31-21/h5-8,13,23-24,28H,3-4,9-12H2,1-2H3,(H,29,30). The highest BCUT2D eigenvalue weighted by Gasteiger charge is 2.26. The third-order valence-corrected chi connectivity index (χ3v) is 6.73. The van der Waals surface area contributed by atoms with E-state index in [9.17, 15) is 9.90 Å². The van der Waals surface area contributed by atoms with Crippen molar-refractivity contribution in [2.75, 3.05) is 38.0 Å². The Balaban J connectivity index is 1.73. The Morgan fingerprint density at radius 3 is 2.74 bits per heavy atom. The highest BCUT2D eigenvalue weighted by Crippen LogP contribution is 2.51. The quantitative estimate of drug-likeness (QED) is 0.292. The lowest BCUT2D eigenvalue weighted by Gasteiger charge is -2.19. The molecule has 4 N–H and O–H groups in total.